The highest BCUT2D eigenvalue weighted by Gasteiger charge is 2.34. The highest BCUT2D eigenvalue weighted by Crippen LogP contribution is 2.39. The Morgan fingerprint density at radius 2 is 2.00 bits per heavy atom. The molecule has 3 amide bonds. The van der Waals surface area contributed by atoms with Crippen molar-refractivity contribution in [2.45, 2.75) is 26.3 Å². The second-order valence-corrected chi connectivity index (χ2v) is 8.88. The van der Waals surface area contributed by atoms with Gasteiger partial charge in [-0.15, -0.1) is 11.3 Å². The second kappa shape index (κ2) is 6.98. The molecule has 5 rings (SSSR count). The largest absolute Gasteiger partial charge is 0.350 e. The molecule has 2 aromatic heterocycles. The summed E-state index contributed by atoms with van der Waals surface area (Å²) in [5, 5.41) is 4.55. The molecule has 2 aliphatic rings. The molecule has 7 nitrogen and oxygen atoms in total. The number of nitrogens with one attached hydrogen (secondary N) is 2. The zero-order valence-electron chi connectivity index (χ0n) is 16.9. The lowest BCUT2D eigenvalue weighted by atomic mass is 10.0. The van der Waals surface area contributed by atoms with Crippen LogP contribution in [0, 0.1) is 0 Å². The van der Waals surface area contributed by atoms with Gasteiger partial charge >= 0.3 is 0 Å². The molecule has 0 bridgehead atoms. The molecule has 2 N–H and O–H groups in total. The molecule has 4 heterocycles. The molecule has 0 unspecified atom stereocenters. The number of rotatable bonds is 2. The van der Waals surface area contributed by atoms with Gasteiger partial charge in [-0.1, -0.05) is 25.1 Å². The van der Waals surface area contributed by atoms with Gasteiger partial charge in [-0.2, -0.15) is 0 Å². The number of likely N-dealkylation sites (N-methyl/N-ethyl adjacent to an activating group) is 1. The van der Waals surface area contributed by atoms with E-state index in [4.69, 9.17) is 0 Å². The Hall–Kier alpha value is -3.13. The van der Waals surface area contributed by atoms with Crippen LogP contribution in [0.1, 0.15) is 43.8 Å². The molecule has 0 spiro atoms. The van der Waals surface area contributed by atoms with E-state index in [-0.39, 0.29) is 24.3 Å². The number of carbonyl (C=O) groups is 3. The van der Waals surface area contributed by atoms with Gasteiger partial charge in [0.1, 0.15) is 10.7 Å². The molecule has 0 atom stereocenters. The summed E-state index contributed by atoms with van der Waals surface area (Å²) in [6.45, 7) is 3.09. The number of aromatic amines is 1. The predicted octanol–water partition coefficient (Wildman–Crippen LogP) is 3.01. The minimum atomic E-state index is -0.193. The van der Waals surface area contributed by atoms with Gasteiger partial charge in [0.2, 0.25) is 5.91 Å². The molecule has 2 aliphatic heterocycles. The fourth-order valence-corrected chi connectivity index (χ4v) is 5.71. The lowest BCUT2D eigenvalue weighted by Crippen LogP contribution is -2.37. The predicted molar refractivity (Wildman–Crippen MR) is 116 cm³/mol. The summed E-state index contributed by atoms with van der Waals surface area (Å²) in [4.78, 5) is 45.8. The van der Waals surface area contributed by atoms with Crippen LogP contribution in [0.3, 0.4) is 0 Å². The third-order valence-electron chi connectivity index (χ3n) is 5.92. The number of hydrogen-bond acceptors (Lipinski definition) is 4. The summed E-state index contributed by atoms with van der Waals surface area (Å²) in [6, 6.07) is 7.97. The zero-order valence-corrected chi connectivity index (χ0v) is 17.7. The smallest absolute Gasteiger partial charge is 0.270 e. The van der Waals surface area contributed by atoms with Crippen LogP contribution in [-0.2, 0) is 24.2 Å². The molecule has 0 saturated carbocycles. The maximum atomic E-state index is 13.4. The Bertz CT molecular complexity index is 1210. The van der Waals surface area contributed by atoms with Gasteiger partial charge in [0.05, 0.1) is 18.7 Å². The van der Waals surface area contributed by atoms with Crippen molar-refractivity contribution in [1.82, 2.24) is 14.8 Å². The lowest BCUT2D eigenvalue weighted by Gasteiger charge is -2.27. The van der Waals surface area contributed by atoms with E-state index < -0.39 is 0 Å². The number of para-hydroxylation sites is 1. The fraction of sp³-hybridized carbons (Fsp3) is 0.318. The standard InChI is InChI=1S/C22H22N4O3S/c1-3-12-13-6-4-5-7-15(13)23-19(12)22(29)26-9-8-14-16(10-26)30-20-18(14)21(28)25(2)11-17(27)24-20/h4-7,23H,3,8-11H2,1-2H3,(H,24,27). The Kier molecular flexibility index (Phi) is 4.39. The number of hydrogen-bond donors (Lipinski definition) is 2. The lowest BCUT2D eigenvalue weighted by molar-refractivity contribution is -0.116. The van der Waals surface area contributed by atoms with Crippen molar-refractivity contribution in [3.05, 3.63) is 51.5 Å². The summed E-state index contributed by atoms with van der Waals surface area (Å²) in [7, 11) is 1.64. The van der Waals surface area contributed by atoms with Crippen molar-refractivity contribution >= 4 is 45.0 Å². The summed E-state index contributed by atoms with van der Waals surface area (Å²) in [5.41, 5.74) is 4.20. The number of nitrogens with zero attached hydrogens (tertiary/aromatic N) is 2. The third kappa shape index (κ3) is 2.82. The van der Waals surface area contributed by atoms with E-state index in [0.717, 1.165) is 33.3 Å². The van der Waals surface area contributed by atoms with E-state index in [2.05, 4.69) is 17.2 Å². The molecule has 1 aromatic carbocycles. The molecular weight excluding hydrogens is 400 g/mol. The van der Waals surface area contributed by atoms with Gasteiger partial charge in [-0.05, 0) is 30.0 Å². The van der Waals surface area contributed by atoms with Gasteiger partial charge in [0.15, 0.2) is 0 Å². The number of fused-ring (bicyclic) bond motifs is 4. The van der Waals surface area contributed by atoms with Crippen molar-refractivity contribution < 1.29 is 14.4 Å². The van der Waals surface area contributed by atoms with Crippen LogP contribution in [0.5, 0.6) is 0 Å². The van der Waals surface area contributed by atoms with Crippen LogP contribution in [0.2, 0.25) is 0 Å². The minimum absolute atomic E-state index is 0.0234. The van der Waals surface area contributed by atoms with Crippen molar-refractivity contribution in [3.63, 3.8) is 0 Å². The minimum Gasteiger partial charge on any atom is -0.350 e. The number of aryl methyl sites for hydroxylation is 1. The van der Waals surface area contributed by atoms with Crippen molar-refractivity contribution in [2.75, 3.05) is 25.5 Å². The van der Waals surface area contributed by atoms with E-state index in [9.17, 15) is 14.4 Å². The van der Waals surface area contributed by atoms with Gasteiger partial charge < -0.3 is 20.1 Å². The second-order valence-electron chi connectivity index (χ2n) is 7.77. The topological polar surface area (TPSA) is 85.5 Å². The molecule has 0 aliphatic carbocycles. The van der Waals surface area contributed by atoms with E-state index in [1.165, 1.54) is 16.2 Å². The Morgan fingerprint density at radius 3 is 2.80 bits per heavy atom. The van der Waals surface area contributed by atoms with Crippen LogP contribution in [0.4, 0.5) is 5.00 Å². The highest BCUT2D eigenvalue weighted by molar-refractivity contribution is 7.17. The van der Waals surface area contributed by atoms with Gasteiger partial charge in [0, 0.05) is 29.4 Å². The molecule has 0 saturated heterocycles. The maximum Gasteiger partial charge on any atom is 0.270 e. The van der Waals surface area contributed by atoms with Crippen LogP contribution >= 0.6 is 11.3 Å². The summed E-state index contributed by atoms with van der Waals surface area (Å²) < 4.78 is 0. The summed E-state index contributed by atoms with van der Waals surface area (Å²) >= 11 is 1.41. The highest BCUT2D eigenvalue weighted by atomic mass is 32.1. The average molecular weight is 423 g/mol. The number of carbonyl (C=O) groups excluding carboxylic acids is 3. The third-order valence-corrected chi connectivity index (χ3v) is 7.05. The van der Waals surface area contributed by atoms with Crippen LogP contribution in [0.15, 0.2) is 24.3 Å². The molecule has 3 aromatic rings. The average Bonchev–Trinajstić information content (AvgIpc) is 3.26. The van der Waals surface area contributed by atoms with Gasteiger partial charge in [-0.3, -0.25) is 14.4 Å². The number of anilines is 1. The molecule has 154 valence electrons. The normalized spacial score (nSPS) is 16.3. The van der Waals surface area contributed by atoms with Crippen LogP contribution < -0.4 is 5.32 Å². The Balaban J connectivity index is 1.49. The Labute approximate surface area is 177 Å². The quantitative estimate of drug-likeness (QED) is 0.666. The fourth-order valence-electron chi connectivity index (χ4n) is 4.44. The van der Waals surface area contributed by atoms with E-state index in [1.807, 2.05) is 29.2 Å². The molecule has 0 radical (unpaired) electrons. The number of amides is 3. The van der Waals surface area contributed by atoms with Crippen LogP contribution in [0.25, 0.3) is 10.9 Å². The molecule has 0 fully saturated rings. The van der Waals surface area contributed by atoms with E-state index in [1.54, 1.807) is 7.05 Å². The van der Waals surface area contributed by atoms with Crippen molar-refractivity contribution in [3.8, 4) is 0 Å². The Morgan fingerprint density at radius 1 is 1.20 bits per heavy atom. The first-order valence-corrected chi connectivity index (χ1v) is 10.9. The molecule has 8 heteroatoms. The molecule has 30 heavy (non-hydrogen) atoms. The summed E-state index contributed by atoms with van der Waals surface area (Å²) in [5.74, 6) is -0.351. The maximum absolute atomic E-state index is 13.4. The first-order valence-electron chi connectivity index (χ1n) is 10.1. The number of benzene rings is 1. The first kappa shape index (κ1) is 18.9. The zero-order chi connectivity index (χ0) is 21.0. The van der Waals surface area contributed by atoms with Gasteiger partial charge in [0.25, 0.3) is 11.8 Å². The SMILES string of the molecule is CCc1c(C(=O)N2CCc3c(sc4c3C(=O)N(C)CC(=O)N4)C2)[nH]c2ccccc12. The van der Waals surface area contributed by atoms with Crippen molar-refractivity contribution in [1.29, 1.82) is 0 Å². The molecular formula is C22H22N4O3S. The van der Waals surface area contributed by atoms with E-state index >= 15 is 0 Å². The monoisotopic (exact) mass is 422 g/mol. The van der Waals surface area contributed by atoms with E-state index in [0.29, 0.717) is 35.8 Å². The van der Waals surface area contributed by atoms with Crippen LogP contribution in [-0.4, -0.2) is 52.6 Å². The first-order chi connectivity index (χ1) is 14.5. The van der Waals surface area contributed by atoms with Crippen molar-refractivity contribution in [2.24, 2.45) is 0 Å². The number of aromatic nitrogens is 1. The number of thiophene rings is 1. The van der Waals surface area contributed by atoms with Gasteiger partial charge in [-0.25, -0.2) is 0 Å². The number of H-pyrrole nitrogens is 1. The summed E-state index contributed by atoms with van der Waals surface area (Å²) in [6.07, 6.45) is 1.37.